The van der Waals surface area contributed by atoms with Crippen LogP contribution in [0.25, 0.3) is 0 Å². The zero-order valence-electron chi connectivity index (χ0n) is 8.21. The maximum atomic E-state index is 13.0. The number of nitrogens with two attached hydrogens (primary N) is 1. The van der Waals surface area contributed by atoms with Gasteiger partial charge in [-0.05, 0) is 12.1 Å². The molecule has 84 valence electrons. The van der Waals surface area contributed by atoms with E-state index in [9.17, 15) is 8.78 Å². The minimum atomic E-state index is -0.976. The predicted molar refractivity (Wildman–Crippen MR) is 51.7 cm³/mol. The van der Waals surface area contributed by atoms with E-state index in [1.165, 1.54) is 12.1 Å². The smallest absolute Gasteiger partial charge is 0.200 e. The summed E-state index contributed by atoms with van der Waals surface area (Å²) in [5.41, 5.74) is 5.19. The molecule has 1 aromatic carbocycles. The zero-order chi connectivity index (χ0) is 11.1. The van der Waals surface area contributed by atoms with Gasteiger partial charge in [0.1, 0.15) is 6.61 Å². The summed E-state index contributed by atoms with van der Waals surface area (Å²) in [4.78, 5) is 0. The van der Waals surface area contributed by atoms with E-state index in [0.29, 0.717) is 19.8 Å². The number of benzene rings is 1. The van der Waals surface area contributed by atoms with Gasteiger partial charge in [0.25, 0.3) is 0 Å². The Kier molecular flexibility index (Phi) is 5.00. The van der Waals surface area contributed by atoms with Crippen LogP contribution in [-0.2, 0) is 4.74 Å². The van der Waals surface area contributed by atoms with E-state index in [-0.39, 0.29) is 12.4 Å². The van der Waals surface area contributed by atoms with E-state index < -0.39 is 11.6 Å². The van der Waals surface area contributed by atoms with Gasteiger partial charge in [0.15, 0.2) is 11.6 Å². The van der Waals surface area contributed by atoms with Crippen LogP contribution in [-0.4, -0.2) is 26.4 Å². The summed E-state index contributed by atoms with van der Waals surface area (Å²) < 4.78 is 35.7. The Balaban J connectivity index is 2.34. The summed E-state index contributed by atoms with van der Waals surface area (Å²) in [6.45, 7) is 1.32. The average Bonchev–Trinajstić information content (AvgIpc) is 2.24. The zero-order valence-corrected chi connectivity index (χ0v) is 8.21. The van der Waals surface area contributed by atoms with Gasteiger partial charge in [0.05, 0.1) is 13.2 Å². The maximum absolute atomic E-state index is 13.0. The molecule has 2 N–H and O–H groups in total. The lowest BCUT2D eigenvalue weighted by Gasteiger charge is -2.07. The van der Waals surface area contributed by atoms with Gasteiger partial charge in [0, 0.05) is 6.54 Å². The highest BCUT2D eigenvalue weighted by atomic mass is 19.2. The van der Waals surface area contributed by atoms with Crippen LogP contribution in [0.1, 0.15) is 0 Å². The third kappa shape index (κ3) is 3.81. The highest BCUT2D eigenvalue weighted by Crippen LogP contribution is 2.18. The SMILES string of the molecule is NCCOCCOc1cccc(F)c1F. The first-order chi connectivity index (χ1) is 7.25. The summed E-state index contributed by atoms with van der Waals surface area (Å²) in [7, 11) is 0. The standard InChI is InChI=1S/C10H13F2NO2/c11-8-2-1-3-9(10(8)12)15-7-6-14-5-4-13/h1-3H,4-7,13H2. The molecule has 0 aliphatic carbocycles. The van der Waals surface area contributed by atoms with Crippen LogP contribution in [0.5, 0.6) is 5.75 Å². The molecule has 0 aliphatic rings. The minimum absolute atomic E-state index is 0.105. The molecule has 0 bridgehead atoms. The first-order valence-electron chi connectivity index (χ1n) is 4.60. The molecule has 0 spiro atoms. The minimum Gasteiger partial charge on any atom is -0.488 e. The Bertz CT molecular complexity index is 307. The molecule has 0 aliphatic heterocycles. The topological polar surface area (TPSA) is 44.5 Å². The molecule has 0 fully saturated rings. The number of ether oxygens (including phenoxy) is 2. The van der Waals surface area contributed by atoms with E-state index in [0.717, 1.165) is 6.07 Å². The molecule has 0 heterocycles. The van der Waals surface area contributed by atoms with Gasteiger partial charge in [-0.2, -0.15) is 4.39 Å². The second-order valence-electron chi connectivity index (χ2n) is 2.80. The summed E-state index contributed by atoms with van der Waals surface area (Å²) in [5.74, 6) is -2.00. The molecule has 0 saturated heterocycles. The summed E-state index contributed by atoms with van der Waals surface area (Å²) >= 11 is 0. The van der Waals surface area contributed by atoms with Crippen molar-refractivity contribution in [1.82, 2.24) is 0 Å². The Labute approximate surface area is 86.8 Å². The van der Waals surface area contributed by atoms with Crippen LogP contribution in [0.4, 0.5) is 8.78 Å². The lowest BCUT2D eigenvalue weighted by molar-refractivity contribution is 0.104. The van der Waals surface area contributed by atoms with Gasteiger partial charge in [-0.25, -0.2) is 4.39 Å². The first-order valence-corrected chi connectivity index (χ1v) is 4.60. The Morgan fingerprint density at radius 3 is 2.67 bits per heavy atom. The van der Waals surface area contributed by atoms with Crippen molar-refractivity contribution in [1.29, 1.82) is 0 Å². The third-order valence-electron chi connectivity index (χ3n) is 1.66. The maximum Gasteiger partial charge on any atom is 0.200 e. The van der Waals surface area contributed by atoms with Gasteiger partial charge in [0.2, 0.25) is 5.82 Å². The van der Waals surface area contributed by atoms with Crippen LogP contribution in [0.3, 0.4) is 0 Å². The van der Waals surface area contributed by atoms with Crippen LogP contribution in [0, 0.1) is 11.6 Å². The van der Waals surface area contributed by atoms with E-state index in [1.807, 2.05) is 0 Å². The van der Waals surface area contributed by atoms with Crippen LogP contribution in [0.2, 0.25) is 0 Å². The van der Waals surface area contributed by atoms with Crippen molar-refractivity contribution < 1.29 is 18.3 Å². The summed E-state index contributed by atoms with van der Waals surface area (Å²) in [6.07, 6.45) is 0. The molecule has 0 aromatic heterocycles. The van der Waals surface area contributed by atoms with Gasteiger partial charge >= 0.3 is 0 Å². The molecular formula is C10H13F2NO2. The van der Waals surface area contributed by atoms with Crippen molar-refractivity contribution in [3.63, 3.8) is 0 Å². The van der Waals surface area contributed by atoms with E-state index in [4.69, 9.17) is 15.2 Å². The van der Waals surface area contributed by atoms with Gasteiger partial charge < -0.3 is 15.2 Å². The lowest BCUT2D eigenvalue weighted by atomic mass is 10.3. The van der Waals surface area contributed by atoms with E-state index in [1.54, 1.807) is 0 Å². The Morgan fingerprint density at radius 1 is 1.13 bits per heavy atom. The third-order valence-corrected chi connectivity index (χ3v) is 1.66. The molecule has 0 radical (unpaired) electrons. The van der Waals surface area contributed by atoms with Crippen LogP contribution < -0.4 is 10.5 Å². The predicted octanol–water partition coefficient (Wildman–Crippen LogP) is 1.32. The summed E-state index contributed by atoms with van der Waals surface area (Å²) in [5, 5.41) is 0. The molecule has 0 amide bonds. The van der Waals surface area contributed by atoms with Crippen molar-refractivity contribution in [3.05, 3.63) is 29.8 Å². The van der Waals surface area contributed by atoms with Crippen LogP contribution in [0.15, 0.2) is 18.2 Å². The van der Waals surface area contributed by atoms with Gasteiger partial charge in [-0.15, -0.1) is 0 Å². The molecule has 15 heavy (non-hydrogen) atoms. The Morgan fingerprint density at radius 2 is 1.93 bits per heavy atom. The highest BCUT2D eigenvalue weighted by Gasteiger charge is 2.07. The molecular weight excluding hydrogens is 204 g/mol. The fourth-order valence-corrected chi connectivity index (χ4v) is 0.991. The van der Waals surface area contributed by atoms with Crippen molar-refractivity contribution in [2.24, 2.45) is 5.73 Å². The van der Waals surface area contributed by atoms with Crippen molar-refractivity contribution >= 4 is 0 Å². The van der Waals surface area contributed by atoms with E-state index >= 15 is 0 Å². The quantitative estimate of drug-likeness (QED) is 0.731. The number of hydrogen-bond donors (Lipinski definition) is 1. The molecule has 5 heteroatoms. The number of rotatable bonds is 6. The second-order valence-corrected chi connectivity index (χ2v) is 2.80. The molecule has 0 unspecified atom stereocenters. The molecule has 0 atom stereocenters. The molecule has 3 nitrogen and oxygen atoms in total. The normalized spacial score (nSPS) is 10.3. The molecule has 0 saturated carbocycles. The Hall–Kier alpha value is -1.20. The van der Waals surface area contributed by atoms with Crippen molar-refractivity contribution in [3.8, 4) is 5.75 Å². The second kappa shape index (κ2) is 6.31. The monoisotopic (exact) mass is 217 g/mol. The highest BCUT2D eigenvalue weighted by molar-refractivity contribution is 5.24. The van der Waals surface area contributed by atoms with Gasteiger partial charge in [-0.3, -0.25) is 0 Å². The number of halogens is 2. The van der Waals surface area contributed by atoms with E-state index in [2.05, 4.69) is 0 Å². The van der Waals surface area contributed by atoms with Crippen molar-refractivity contribution in [2.45, 2.75) is 0 Å². The summed E-state index contributed by atoms with van der Waals surface area (Å²) in [6, 6.07) is 3.78. The van der Waals surface area contributed by atoms with Crippen molar-refractivity contribution in [2.75, 3.05) is 26.4 Å². The van der Waals surface area contributed by atoms with Crippen LogP contribution >= 0.6 is 0 Å². The molecule has 1 aromatic rings. The largest absolute Gasteiger partial charge is 0.488 e. The number of hydrogen-bond acceptors (Lipinski definition) is 3. The lowest BCUT2D eigenvalue weighted by Crippen LogP contribution is -2.13. The van der Waals surface area contributed by atoms with Gasteiger partial charge in [-0.1, -0.05) is 6.07 Å². The molecule has 1 rings (SSSR count). The fourth-order valence-electron chi connectivity index (χ4n) is 0.991. The first kappa shape index (κ1) is 11.9. The fraction of sp³-hybridized carbons (Fsp3) is 0.400. The average molecular weight is 217 g/mol.